The summed E-state index contributed by atoms with van der Waals surface area (Å²) < 4.78 is 0. The first kappa shape index (κ1) is 11.4. The van der Waals surface area contributed by atoms with Crippen LogP contribution in [0.4, 0.5) is 5.69 Å². The lowest BCUT2D eigenvalue weighted by atomic mass is 10.2. The zero-order valence-electron chi connectivity index (χ0n) is 9.03. The van der Waals surface area contributed by atoms with Gasteiger partial charge in [-0.1, -0.05) is 26.0 Å². The van der Waals surface area contributed by atoms with Crippen molar-refractivity contribution in [2.75, 3.05) is 18.0 Å². The van der Waals surface area contributed by atoms with Crippen LogP contribution < -0.4 is 4.90 Å². The van der Waals surface area contributed by atoms with Gasteiger partial charge in [-0.2, -0.15) is 0 Å². The van der Waals surface area contributed by atoms with E-state index in [2.05, 4.69) is 49.6 Å². The van der Waals surface area contributed by atoms with Crippen molar-refractivity contribution in [3.05, 3.63) is 24.3 Å². The summed E-state index contributed by atoms with van der Waals surface area (Å²) in [6.45, 7) is 6.66. The highest BCUT2D eigenvalue weighted by atomic mass is 32.1. The third-order valence-electron chi connectivity index (χ3n) is 2.21. The second kappa shape index (κ2) is 5.97. The number of thiol groups is 1. The van der Waals surface area contributed by atoms with Crippen LogP contribution in [0.1, 0.15) is 26.7 Å². The average molecular weight is 209 g/mol. The summed E-state index contributed by atoms with van der Waals surface area (Å²) in [5.74, 6) is 0. The molecule has 0 N–H and O–H groups in total. The van der Waals surface area contributed by atoms with Gasteiger partial charge >= 0.3 is 0 Å². The zero-order chi connectivity index (χ0) is 10.4. The van der Waals surface area contributed by atoms with E-state index < -0.39 is 0 Å². The molecule has 0 heterocycles. The van der Waals surface area contributed by atoms with Gasteiger partial charge in [0.2, 0.25) is 0 Å². The molecule has 0 saturated heterocycles. The van der Waals surface area contributed by atoms with Crippen molar-refractivity contribution in [3.63, 3.8) is 0 Å². The van der Waals surface area contributed by atoms with E-state index in [9.17, 15) is 0 Å². The molecule has 0 unspecified atom stereocenters. The Bertz CT molecular complexity index is 267. The molecular weight excluding hydrogens is 190 g/mol. The minimum absolute atomic E-state index is 1.08. The van der Waals surface area contributed by atoms with Crippen LogP contribution in [0.15, 0.2) is 29.2 Å². The fraction of sp³-hybridized carbons (Fsp3) is 0.500. The number of para-hydroxylation sites is 1. The van der Waals surface area contributed by atoms with E-state index in [4.69, 9.17) is 0 Å². The topological polar surface area (TPSA) is 3.24 Å². The Morgan fingerprint density at radius 2 is 1.64 bits per heavy atom. The van der Waals surface area contributed by atoms with Crippen LogP contribution in [-0.4, -0.2) is 13.1 Å². The average Bonchev–Trinajstić information content (AvgIpc) is 2.18. The fourth-order valence-electron chi connectivity index (χ4n) is 1.62. The van der Waals surface area contributed by atoms with Gasteiger partial charge in [-0.05, 0) is 25.0 Å². The van der Waals surface area contributed by atoms with Gasteiger partial charge in [0.05, 0.1) is 5.69 Å². The minimum atomic E-state index is 1.08. The molecule has 0 atom stereocenters. The number of anilines is 1. The maximum atomic E-state index is 4.48. The molecule has 0 fully saturated rings. The van der Waals surface area contributed by atoms with Crippen LogP contribution in [0.5, 0.6) is 0 Å². The second-order valence-corrected chi connectivity index (χ2v) is 3.96. The predicted octanol–water partition coefficient (Wildman–Crippen LogP) is 3.60. The third kappa shape index (κ3) is 2.95. The van der Waals surface area contributed by atoms with Gasteiger partial charge < -0.3 is 4.90 Å². The first-order valence-electron chi connectivity index (χ1n) is 5.32. The second-order valence-electron chi connectivity index (χ2n) is 3.48. The number of rotatable bonds is 5. The maximum Gasteiger partial charge on any atom is 0.0501 e. The largest absolute Gasteiger partial charge is 0.371 e. The zero-order valence-corrected chi connectivity index (χ0v) is 9.93. The highest BCUT2D eigenvalue weighted by Gasteiger charge is 2.06. The standard InChI is InChI=1S/C12H19NS/c1-3-9-13(10-4-2)11-7-5-6-8-12(11)14/h5-8,14H,3-4,9-10H2,1-2H3. The number of nitrogens with zero attached hydrogens (tertiary/aromatic N) is 1. The van der Waals surface area contributed by atoms with Gasteiger partial charge in [0.1, 0.15) is 0 Å². The van der Waals surface area contributed by atoms with Gasteiger partial charge in [0.15, 0.2) is 0 Å². The number of benzene rings is 1. The van der Waals surface area contributed by atoms with Crippen molar-refractivity contribution >= 4 is 18.3 Å². The lowest BCUT2D eigenvalue weighted by Gasteiger charge is -2.25. The molecule has 1 nitrogen and oxygen atoms in total. The van der Waals surface area contributed by atoms with Gasteiger partial charge in [-0.25, -0.2) is 0 Å². The Labute approximate surface area is 92.5 Å². The SMILES string of the molecule is CCCN(CCC)c1ccccc1S. The molecule has 0 radical (unpaired) electrons. The molecule has 0 aliphatic carbocycles. The highest BCUT2D eigenvalue weighted by molar-refractivity contribution is 7.80. The number of hydrogen-bond donors (Lipinski definition) is 1. The van der Waals surface area contributed by atoms with Crippen molar-refractivity contribution in [1.82, 2.24) is 0 Å². The summed E-state index contributed by atoms with van der Waals surface area (Å²) in [5, 5.41) is 0. The lowest BCUT2D eigenvalue weighted by Crippen LogP contribution is -2.25. The van der Waals surface area contributed by atoms with Gasteiger partial charge in [0.25, 0.3) is 0 Å². The van der Waals surface area contributed by atoms with Crippen molar-refractivity contribution < 1.29 is 0 Å². The van der Waals surface area contributed by atoms with Crippen LogP contribution in [0, 0.1) is 0 Å². The Hall–Kier alpha value is -0.630. The van der Waals surface area contributed by atoms with Gasteiger partial charge in [-0.15, -0.1) is 12.6 Å². The molecule has 78 valence electrons. The normalized spacial score (nSPS) is 10.2. The van der Waals surface area contributed by atoms with Crippen molar-refractivity contribution in [3.8, 4) is 0 Å². The first-order chi connectivity index (χ1) is 6.79. The molecule has 0 spiro atoms. The van der Waals surface area contributed by atoms with Gasteiger partial charge in [0, 0.05) is 18.0 Å². The smallest absolute Gasteiger partial charge is 0.0501 e. The van der Waals surface area contributed by atoms with E-state index in [1.165, 1.54) is 18.5 Å². The Kier molecular flexibility index (Phi) is 4.88. The van der Waals surface area contributed by atoms with Crippen LogP contribution in [0.3, 0.4) is 0 Å². The molecular formula is C12H19NS. The molecule has 0 aromatic heterocycles. The molecule has 0 aliphatic heterocycles. The minimum Gasteiger partial charge on any atom is -0.371 e. The quantitative estimate of drug-likeness (QED) is 0.725. The van der Waals surface area contributed by atoms with E-state index in [1.807, 2.05) is 6.07 Å². The monoisotopic (exact) mass is 209 g/mol. The molecule has 0 aliphatic rings. The molecule has 0 bridgehead atoms. The molecule has 0 amide bonds. The van der Waals surface area contributed by atoms with E-state index in [0.29, 0.717) is 0 Å². The third-order valence-corrected chi connectivity index (χ3v) is 2.59. The molecule has 14 heavy (non-hydrogen) atoms. The van der Waals surface area contributed by atoms with E-state index in [0.717, 1.165) is 18.0 Å². The Balaban J connectivity index is 2.81. The van der Waals surface area contributed by atoms with Crippen LogP contribution in [-0.2, 0) is 0 Å². The lowest BCUT2D eigenvalue weighted by molar-refractivity contribution is 0.739. The van der Waals surface area contributed by atoms with Crippen LogP contribution >= 0.6 is 12.6 Å². The molecule has 2 heteroatoms. The summed E-state index contributed by atoms with van der Waals surface area (Å²) in [5.41, 5.74) is 1.26. The summed E-state index contributed by atoms with van der Waals surface area (Å²) in [6.07, 6.45) is 2.37. The number of hydrogen-bond acceptors (Lipinski definition) is 2. The highest BCUT2D eigenvalue weighted by Crippen LogP contribution is 2.23. The van der Waals surface area contributed by atoms with E-state index in [-0.39, 0.29) is 0 Å². The van der Waals surface area contributed by atoms with E-state index >= 15 is 0 Å². The summed E-state index contributed by atoms with van der Waals surface area (Å²) in [6, 6.07) is 8.31. The fourth-order valence-corrected chi connectivity index (χ4v) is 1.93. The molecule has 1 rings (SSSR count). The summed E-state index contributed by atoms with van der Waals surface area (Å²) in [4.78, 5) is 3.48. The van der Waals surface area contributed by atoms with Crippen molar-refractivity contribution in [2.45, 2.75) is 31.6 Å². The molecule has 1 aromatic carbocycles. The van der Waals surface area contributed by atoms with E-state index in [1.54, 1.807) is 0 Å². The summed E-state index contributed by atoms with van der Waals surface area (Å²) in [7, 11) is 0. The molecule has 0 saturated carbocycles. The van der Waals surface area contributed by atoms with Crippen LogP contribution in [0.25, 0.3) is 0 Å². The Morgan fingerprint density at radius 1 is 1.07 bits per heavy atom. The first-order valence-corrected chi connectivity index (χ1v) is 5.77. The predicted molar refractivity (Wildman–Crippen MR) is 66.5 cm³/mol. The van der Waals surface area contributed by atoms with Gasteiger partial charge in [-0.3, -0.25) is 0 Å². The van der Waals surface area contributed by atoms with Crippen LogP contribution in [0.2, 0.25) is 0 Å². The van der Waals surface area contributed by atoms with Crippen molar-refractivity contribution in [2.24, 2.45) is 0 Å². The Morgan fingerprint density at radius 3 is 2.14 bits per heavy atom. The van der Waals surface area contributed by atoms with Crippen molar-refractivity contribution in [1.29, 1.82) is 0 Å². The summed E-state index contributed by atoms with van der Waals surface area (Å²) >= 11 is 4.48. The molecule has 1 aromatic rings. The maximum absolute atomic E-state index is 4.48.